The molecule has 13 aromatic carbocycles. The Morgan fingerprint density at radius 2 is 0.585 bits per heavy atom. The van der Waals surface area contributed by atoms with Crippen molar-refractivity contribution in [1.82, 2.24) is 18.8 Å². The van der Waals surface area contributed by atoms with Crippen LogP contribution in [0.5, 0.6) is 46.0 Å². The third-order valence-electron chi connectivity index (χ3n) is 16.0. The van der Waals surface area contributed by atoms with Crippen molar-refractivity contribution in [2.24, 2.45) is 0 Å². The Balaban J connectivity index is 1.15. The molecule has 0 aliphatic heterocycles. The summed E-state index contributed by atoms with van der Waals surface area (Å²) >= 11 is 0. The molecule has 0 amide bonds. The molecule has 0 unspecified atom stereocenters. The normalized spacial score (nSPS) is 12.2. The Morgan fingerprint density at radius 1 is 0.305 bits per heavy atom. The molecule has 17 rings (SSSR count). The van der Waals surface area contributed by atoms with Gasteiger partial charge in [0.2, 0.25) is 0 Å². The van der Waals surface area contributed by atoms with Gasteiger partial charge in [-0.25, -0.2) is 9.97 Å². The Labute approximate surface area is 461 Å². The second-order valence-electron chi connectivity index (χ2n) is 20.9. The Kier molecular flexibility index (Phi) is 9.11. The molecule has 8 N–H and O–H groups in total. The highest BCUT2D eigenvalue weighted by Crippen LogP contribution is 2.58. The fourth-order valence-corrected chi connectivity index (χ4v) is 12.4. The Hall–Kier alpha value is -11.6. The minimum atomic E-state index is -0.322. The van der Waals surface area contributed by atoms with E-state index in [0.29, 0.717) is 167 Å². The first kappa shape index (κ1) is 45.4. The second kappa shape index (κ2) is 16.5. The van der Waals surface area contributed by atoms with E-state index in [4.69, 9.17) is 51.9 Å². The fourth-order valence-electron chi connectivity index (χ4n) is 12.4. The molecule has 14 heteroatoms. The van der Waals surface area contributed by atoms with Crippen LogP contribution in [-0.2, 0) is 0 Å². The van der Waals surface area contributed by atoms with Crippen molar-refractivity contribution in [3.05, 3.63) is 215 Å². The van der Waals surface area contributed by atoms with Gasteiger partial charge in [-0.2, -0.15) is 0 Å². The number of ether oxygens (including phenoxy) is 4. The first-order valence-corrected chi connectivity index (χ1v) is 26.5. The average Bonchev–Trinajstić information content (AvgIpc) is 1.23. The highest BCUT2D eigenvalue weighted by molar-refractivity contribution is 6.45. The minimum Gasteiger partial charge on any atom is -0.457 e. The zero-order chi connectivity index (χ0) is 54.8. The summed E-state index contributed by atoms with van der Waals surface area (Å²) in [6, 6.07) is 59.9. The summed E-state index contributed by atoms with van der Waals surface area (Å²) in [5, 5.41) is 10.2. The molecule has 388 valence electrons. The van der Waals surface area contributed by atoms with Gasteiger partial charge in [-0.1, -0.05) is 48.5 Å². The summed E-state index contributed by atoms with van der Waals surface area (Å²) in [5.74, 6) is 3.16. The molecular formula is C68H40N8O6. The second-order valence-corrected chi connectivity index (χ2v) is 20.9. The molecule has 0 saturated carbocycles. The molecule has 4 aromatic heterocycles. The molecule has 0 aliphatic carbocycles. The van der Waals surface area contributed by atoms with Gasteiger partial charge in [0.15, 0.2) is 0 Å². The molecule has 0 fully saturated rings. The van der Waals surface area contributed by atoms with E-state index in [-0.39, 0.29) is 11.1 Å². The van der Waals surface area contributed by atoms with E-state index >= 15 is 9.59 Å². The van der Waals surface area contributed by atoms with Crippen LogP contribution in [0.3, 0.4) is 0 Å². The first-order valence-electron chi connectivity index (χ1n) is 26.5. The fraction of sp³-hybridized carbons (Fsp3) is 0. The zero-order valence-electron chi connectivity index (χ0n) is 43.0. The van der Waals surface area contributed by atoms with Crippen LogP contribution < -0.4 is 53.0 Å². The monoisotopic (exact) mass is 1060 g/mol. The number of aromatic nitrogens is 4. The van der Waals surface area contributed by atoms with Gasteiger partial charge in [0.1, 0.15) is 57.3 Å². The zero-order valence-corrected chi connectivity index (χ0v) is 43.0. The maximum absolute atomic E-state index is 15.9. The highest BCUT2D eigenvalue weighted by Gasteiger charge is 2.33. The maximum atomic E-state index is 15.9. The molecule has 0 aliphatic rings. The van der Waals surface area contributed by atoms with Crippen molar-refractivity contribution in [3.63, 3.8) is 0 Å². The number of pyridine rings is 2. The van der Waals surface area contributed by atoms with Gasteiger partial charge >= 0.3 is 0 Å². The van der Waals surface area contributed by atoms with E-state index in [0.717, 1.165) is 21.5 Å². The van der Waals surface area contributed by atoms with Gasteiger partial charge in [-0.15, -0.1) is 0 Å². The Morgan fingerprint density at radius 3 is 0.890 bits per heavy atom. The quantitative estimate of drug-likeness (QED) is 0.0636. The summed E-state index contributed by atoms with van der Waals surface area (Å²) in [4.78, 5) is 42.5. The summed E-state index contributed by atoms with van der Waals surface area (Å²) in [6.07, 6.45) is 0. The van der Waals surface area contributed by atoms with E-state index in [1.807, 2.05) is 84.9 Å². The lowest BCUT2D eigenvalue weighted by molar-refractivity contribution is 0.483. The predicted molar refractivity (Wildman–Crippen MR) is 329 cm³/mol. The molecule has 17 aromatic rings. The number of anilines is 4. The van der Waals surface area contributed by atoms with Crippen molar-refractivity contribution >= 4 is 142 Å². The molecule has 0 radical (unpaired) electrons. The number of hydrogen-bond acceptors (Lipinski definition) is 12. The van der Waals surface area contributed by atoms with Gasteiger partial charge in [0, 0.05) is 76.6 Å². The van der Waals surface area contributed by atoms with E-state index in [9.17, 15) is 0 Å². The van der Waals surface area contributed by atoms with Gasteiger partial charge < -0.3 is 41.9 Å². The van der Waals surface area contributed by atoms with Crippen molar-refractivity contribution in [2.45, 2.75) is 0 Å². The lowest BCUT2D eigenvalue weighted by atomic mass is 9.84. The highest BCUT2D eigenvalue weighted by atomic mass is 16.5. The molecule has 4 heterocycles. The third kappa shape index (κ3) is 6.51. The molecule has 0 bridgehead atoms. The van der Waals surface area contributed by atoms with Crippen LogP contribution in [-0.4, -0.2) is 18.8 Å². The van der Waals surface area contributed by atoms with Crippen LogP contribution in [0.4, 0.5) is 22.7 Å². The topological polar surface area (TPSA) is 210 Å². The molecule has 0 spiro atoms. The van der Waals surface area contributed by atoms with Gasteiger partial charge in [-0.3, -0.25) is 18.4 Å². The summed E-state index contributed by atoms with van der Waals surface area (Å²) in [7, 11) is 0. The molecule has 14 nitrogen and oxygen atoms in total. The van der Waals surface area contributed by atoms with E-state index in [1.165, 1.54) is 0 Å². The van der Waals surface area contributed by atoms with Crippen LogP contribution in [0.15, 0.2) is 204 Å². The molecule has 0 saturated heterocycles. The summed E-state index contributed by atoms with van der Waals surface area (Å²) in [6.45, 7) is 0. The number of benzene rings is 13. The molecular weight excluding hydrogens is 1020 g/mol. The van der Waals surface area contributed by atoms with Gasteiger partial charge in [0.05, 0.1) is 32.8 Å². The van der Waals surface area contributed by atoms with Crippen LogP contribution in [0.1, 0.15) is 0 Å². The van der Waals surface area contributed by atoms with Crippen LogP contribution in [0.25, 0.3) is 120 Å². The van der Waals surface area contributed by atoms with Crippen LogP contribution in [0.2, 0.25) is 0 Å². The van der Waals surface area contributed by atoms with Crippen molar-refractivity contribution in [1.29, 1.82) is 0 Å². The van der Waals surface area contributed by atoms with Gasteiger partial charge in [-0.05, 0) is 167 Å². The van der Waals surface area contributed by atoms with Crippen molar-refractivity contribution < 1.29 is 18.9 Å². The largest absolute Gasteiger partial charge is 0.457 e. The number of nitrogens with two attached hydrogens (primary N) is 4. The number of nitrogen functional groups attached to an aromatic ring is 4. The van der Waals surface area contributed by atoms with E-state index in [1.54, 1.807) is 118 Å². The lowest BCUT2D eigenvalue weighted by Crippen LogP contribution is -2.15. The first-order chi connectivity index (χ1) is 40.1. The summed E-state index contributed by atoms with van der Waals surface area (Å²) < 4.78 is 32.2. The third-order valence-corrected chi connectivity index (χ3v) is 16.0. The number of imidazole rings is 2. The standard InChI is InChI=1S/C68H40N8O6/c69-37-9-17-41(18-10-37)79-53-29-45-57-47(67(77)75-51-27-35-7-3-1-5-33(35)25-49(51)73-65(45)75)31-55(81-43-21-13-39(71)14-22-43)61-62-56(82-44-23-15-40(72)16-24-44)32-48-58-46(66-74-50-26-34-6-2-4-8-36(34)28-52(50)76(66)68(48)78)30-54(60(64(58)62)59(53)63(57)61)80-42-19-11-38(70)12-20-42/h1-32H,69-72H2. The summed E-state index contributed by atoms with van der Waals surface area (Å²) in [5.41, 5.74) is 30.1. The Bertz CT molecular complexity index is 5340. The number of hydrogen-bond donors (Lipinski definition) is 4. The predicted octanol–water partition coefficient (Wildman–Crippen LogP) is 15.0. The number of nitrogens with zero attached hydrogens (tertiary/aromatic N) is 4. The van der Waals surface area contributed by atoms with Gasteiger partial charge in [0.25, 0.3) is 11.1 Å². The van der Waals surface area contributed by atoms with Crippen molar-refractivity contribution in [3.8, 4) is 46.0 Å². The van der Waals surface area contributed by atoms with E-state index in [2.05, 4.69) is 0 Å². The smallest absolute Gasteiger partial charge is 0.264 e. The molecule has 82 heavy (non-hydrogen) atoms. The SMILES string of the molecule is Nc1ccc(Oc2cc3c(=O)n4c5cc6ccccc6cc5nc4c4cc(Oc5ccc(N)cc5)c5c6c(Oc7ccc(N)cc7)cc7c8c(cc(Oc9ccc(N)cc9)c(c2c5c34)c68)c(=O)n2c3cc4ccccc4cc3nc72)cc1. The number of rotatable bonds is 8. The minimum absolute atomic E-state index is 0.298. The van der Waals surface area contributed by atoms with E-state index < -0.39 is 0 Å². The average molecular weight is 1070 g/mol. The lowest BCUT2D eigenvalue weighted by Gasteiger charge is -2.25. The van der Waals surface area contributed by atoms with Crippen LogP contribution >= 0.6 is 0 Å². The maximum Gasteiger partial charge on any atom is 0.264 e. The number of fused-ring (bicyclic) bond motifs is 12. The molecule has 0 atom stereocenters. The van der Waals surface area contributed by atoms with Crippen LogP contribution in [0, 0.1) is 0 Å². The van der Waals surface area contributed by atoms with Crippen molar-refractivity contribution in [2.75, 3.05) is 22.9 Å².